The number of hydrogen-bond acceptors (Lipinski definition) is 5. The van der Waals surface area contributed by atoms with Crippen LogP contribution in [0.3, 0.4) is 0 Å². The van der Waals surface area contributed by atoms with Crippen molar-refractivity contribution < 1.29 is 22.7 Å². The fraction of sp³-hybridized carbons (Fsp3) is 0.208. The third kappa shape index (κ3) is 6.09. The van der Waals surface area contributed by atoms with E-state index in [-0.39, 0.29) is 11.5 Å². The van der Waals surface area contributed by atoms with Gasteiger partial charge in [-0.25, -0.2) is 12.7 Å². The number of anilines is 1. The highest BCUT2D eigenvalue weighted by atomic mass is 32.2. The maximum Gasteiger partial charge on any atom is 0.262 e. The van der Waals surface area contributed by atoms with E-state index in [1.54, 1.807) is 43.3 Å². The standard InChI is InChI=1S/C24H26N2O5S/c1-18-9-10-20(15-23(18)32(28,29)26(2)3)25-24(27)17-31-22-13-11-21(12-14-22)30-16-19-7-5-4-6-8-19/h4-15H,16-17H2,1-3H3,(H,25,27). The van der Waals surface area contributed by atoms with E-state index >= 15 is 0 Å². The molecule has 168 valence electrons. The second-order valence-corrected chi connectivity index (χ2v) is 9.47. The maximum atomic E-state index is 12.4. The van der Waals surface area contributed by atoms with Crippen molar-refractivity contribution in [2.75, 3.05) is 26.0 Å². The zero-order valence-electron chi connectivity index (χ0n) is 18.2. The molecule has 0 saturated heterocycles. The molecule has 0 unspecified atom stereocenters. The molecule has 3 aromatic carbocycles. The summed E-state index contributed by atoms with van der Waals surface area (Å²) in [5.41, 5.74) is 2.05. The first-order chi connectivity index (χ1) is 15.3. The Hall–Kier alpha value is -3.36. The highest BCUT2D eigenvalue weighted by Gasteiger charge is 2.20. The van der Waals surface area contributed by atoms with Crippen molar-refractivity contribution in [2.24, 2.45) is 0 Å². The van der Waals surface area contributed by atoms with Gasteiger partial charge in [-0.1, -0.05) is 36.4 Å². The first-order valence-corrected chi connectivity index (χ1v) is 11.4. The second-order valence-electron chi connectivity index (χ2n) is 7.35. The molecule has 1 N–H and O–H groups in total. The molecule has 0 aliphatic carbocycles. The van der Waals surface area contributed by atoms with E-state index in [4.69, 9.17) is 9.47 Å². The third-order valence-corrected chi connectivity index (χ3v) is 6.63. The Morgan fingerprint density at radius 3 is 2.16 bits per heavy atom. The lowest BCUT2D eigenvalue weighted by Gasteiger charge is -2.15. The molecule has 0 fully saturated rings. The van der Waals surface area contributed by atoms with Crippen LogP contribution >= 0.6 is 0 Å². The topological polar surface area (TPSA) is 84.9 Å². The smallest absolute Gasteiger partial charge is 0.262 e. The second kappa shape index (κ2) is 10.3. The lowest BCUT2D eigenvalue weighted by atomic mass is 10.2. The minimum Gasteiger partial charge on any atom is -0.489 e. The van der Waals surface area contributed by atoms with Gasteiger partial charge in [-0.05, 0) is 54.4 Å². The maximum absolute atomic E-state index is 12.4. The van der Waals surface area contributed by atoms with Crippen LogP contribution in [0.2, 0.25) is 0 Å². The monoisotopic (exact) mass is 454 g/mol. The molecule has 0 radical (unpaired) electrons. The molecule has 0 aliphatic heterocycles. The van der Waals surface area contributed by atoms with Crippen molar-refractivity contribution in [1.82, 2.24) is 4.31 Å². The van der Waals surface area contributed by atoms with Crippen molar-refractivity contribution in [1.29, 1.82) is 0 Å². The summed E-state index contributed by atoms with van der Waals surface area (Å²) >= 11 is 0. The van der Waals surface area contributed by atoms with Gasteiger partial charge in [0.15, 0.2) is 6.61 Å². The summed E-state index contributed by atoms with van der Waals surface area (Å²) in [6.07, 6.45) is 0. The number of benzene rings is 3. The normalized spacial score (nSPS) is 11.2. The largest absolute Gasteiger partial charge is 0.489 e. The molecule has 8 heteroatoms. The van der Waals surface area contributed by atoms with Gasteiger partial charge in [-0.15, -0.1) is 0 Å². The Kier molecular flexibility index (Phi) is 7.50. The summed E-state index contributed by atoms with van der Waals surface area (Å²) in [7, 11) is -0.681. The van der Waals surface area contributed by atoms with E-state index in [2.05, 4.69) is 5.32 Å². The third-order valence-electron chi connectivity index (χ3n) is 4.67. The molecule has 1 amide bonds. The SMILES string of the molecule is Cc1ccc(NC(=O)COc2ccc(OCc3ccccc3)cc2)cc1S(=O)(=O)N(C)C. The summed E-state index contributed by atoms with van der Waals surface area (Å²) in [6.45, 7) is 1.96. The van der Waals surface area contributed by atoms with Gasteiger partial charge in [-0.2, -0.15) is 0 Å². The predicted molar refractivity (Wildman–Crippen MR) is 123 cm³/mol. The van der Waals surface area contributed by atoms with Crippen molar-refractivity contribution in [2.45, 2.75) is 18.4 Å². The summed E-state index contributed by atoms with van der Waals surface area (Å²) in [5.74, 6) is 0.818. The van der Waals surface area contributed by atoms with Crippen LogP contribution in [0.4, 0.5) is 5.69 Å². The average Bonchev–Trinajstić information content (AvgIpc) is 2.78. The van der Waals surface area contributed by atoms with Gasteiger partial charge in [0.25, 0.3) is 5.91 Å². The number of ether oxygens (including phenoxy) is 2. The minimum absolute atomic E-state index is 0.146. The molecular weight excluding hydrogens is 428 g/mol. The summed E-state index contributed by atoms with van der Waals surface area (Å²) in [5, 5.41) is 2.67. The van der Waals surface area contributed by atoms with Crippen LogP contribution in [0.25, 0.3) is 0 Å². The molecule has 0 aromatic heterocycles. The summed E-state index contributed by atoms with van der Waals surface area (Å²) in [4.78, 5) is 12.4. The number of amides is 1. The van der Waals surface area contributed by atoms with E-state index in [0.29, 0.717) is 29.4 Å². The molecule has 0 spiro atoms. The molecule has 0 bridgehead atoms. The molecule has 3 rings (SSSR count). The average molecular weight is 455 g/mol. The van der Waals surface area contributed by atoms with Gasteiger partial charge in [-0.3, -0.25) is 4.79 Å². The van der Waals surface area contributed by atoms with Crippen molar-refractivity contribution in [3.63, 3.8) is 0 Å². The summed E-state index contributed by atoms with van der Waals surface area (Å²) in [6, 6.07) is 21.6. The van der Waals surface area contributed by atoms with Crippen molar-refractivity contribution in [3.05, 3.63) is 83.9 Å². The highest BCUT2D eigenvalue weighted by molar-refractivity contribution is 7.89. The van der Waals surface area contributed by atoms with Crippen LogP contribution in [0.15, 0.2) is 77.7 Å². The molecule has 32 heavy (non-hydrogen) atoms. The number of aryl methyl sites for hydroxylation is 1. The van der Waals surface area contributed by atoms with Crippen LogP contribution in [0.5, 0.6) is 11.5 Å². The quantitative estimate of drug-likeness (QED) is 0.531. The van der Waals surface area contributed by atoms with Gasteiger partial charge >= 0.3 is 0 Å². The lowest BCUT2D eigenvalue weighted by molar-refractivity contribution is -0.118. The Morgan fingerprint density at radius 1 is 0.906 bits per heavy atom. The fourth-order valence-electron chi connectivity index (χ4n) is 2.87. The first-order valence-electron chi connectivity index (χ1n) is 9.98. The Balaban J connectivity index is 1.54. The number of carbonyl (C=O) groups excluding carboxylic acids is 1. The predicted octanol–water partition coefficient (Wildman–Crippen LogP) is 3.84. The zero-order valence-corrected chi connectivity index (χ0v) is 19.1. The van der Waals surface area contributed by atoms with E-state index in [9.17, 15) is 13.2 Å². The van der Waals surface area contributed by atoms with Gasteiger partial charge in [0.05, 0.1) is 4.90 Å². The Bertz CT molecular complexity index is 1160. The van der Waals surface area contributed by atoms with E-state index in [0.717, 1.165) is 9.87 Å². The van der Waals surface area contributed by atoms with Crippen LogP contribution in [-0.4, -0.2) is 39.3 Å². The number of rotatable bonds is 9. The molecule has 3 aromatic rings. The molecular formula is C24H26N2O5S. The van der Waals surface area contributed by atoms with Gasteiger partial charge < -0.3 is 14.8 Å². The molecule has 0 aliphatic rings. The number of sulfonamides is 1. The number of hydrogen-bond donors (Lipinski definition) is 1. The fourth-order valence-corrected chi connectivity index (χ4v) is 4.02. The van der Waals surface area contributed by atoms with Crippen LogP contribution in [0, 0.1) is 6.92 Å². The minimum atomic E-state index is -3.61. The number of nitrogens with zero attached hydrogens (tertiary/aromatic N) is 1. The van der Waals surface area contributed by atoms with Gasteiger partial charge in [0, 0.05) is 19.8 Å². The highest BCUT2D eigenvalue weighted by Crippen LogP contribution is 2.23. The van der Waals surface area contributed by atoms with E-state index in [1.165, 1.54) is 20.2 Å². The van der Waals surface area contributed by atoms with E-state index in [1.807, 2.05) is 30.3 Å². The van der Waals surface area contributed by atoms with Gasteiger partial charge in [0.2, 0.25) is 10.0 Å². The zero-order chi connectivity index (χ0) is 23.1. The molecule has 0 saturated carbocycles. The molecule has 0 heterocycles. The molecule has 7 nitrogen and oxygen atoms in total. The Morgan fingerprint density at radius 2 is 1.53 bits per heavy atom. The van der Waals surface area contributed by atoms with Gasteiger partial charge in [0.1, 0.15) is 18.1 Å². The number of nitrogens with one attached hydrogen (secondary N) is 1. The van der Waals surface area contributed by atoms with Crippen LogP contribution < -0.4 is 14.8 Å². The number of carbonyl (C=O) groups is 1. The van der Waals surface area contributed by atoms with E-state index < -0.39 is 15.9 Å². The van der Waals surface area contributed by atoms with Crippen LogP contribution in [0.1, 0.15) is 11.1 Å². The van der Waals surface area contributed by atoms with Crippen molar-refractivity contribution >= 4 is 21.6 Å². The first kappa shape index (κ1) is 23.3. The van der Waals surface area contributed by atoms with Crippen molar-refractivity contribution in [3.8, 4) is 11.5 Å². The lowest BCUT2D eigenvalue weighted by Crippen LogP contribution is -2.24. The molecule has 0 atom stereocenters. The Labute approximate surface area is 188 Å². The van der Waals surface area contributed by atoms with Crippen LogP contribution in [-0.2, 0) is 21.4 Å². The summed E-state index contributed by atoms with van der Waals surface area (Å²) < 4.78 is 37.3.